The van der Waals surface area contributed by atoms with Gasteiger partial charge in [-0.1, -0.05) is 36.4 Å². The summed E-state index contributed by atoms with van der Waals surface area (Å²) in [4.78, 5) is 30.9. The molecule has 6 aromatic heterocycles. The number of anilines is 4. The van der Waals surface area contributed by atoms with E-state index in [1.54, 1.807) is 12.4 Å². The Balaban J connectivity index is 0.731. The van der Waals surface area contributed by atoms with E-state index < -0.39 is 0 Å². The van der Waals surface area contributed by atoms with Gasteiger partial charge in [0.05, 0.1) is 29.6 Å². The lowest BCUT2D eigenvalue weighted by atomic mass is 10.0. The molecular formula is C36H34N16O2. The molecule has 18 nitrogen and oxygen atoms in total. The van der Waals surface area contributed by atoms with Crippen LogP contribution in [0.1, 0.15) is 35.4 Å². The number of H-pyrrole nitrogens is 2. The zero-order valence-electron chi connectivity index (χ0n) is 28.9. The fourth-order valence-corrected chi connectivity index (χ4v) is 7.20. The summed E-state index contributed by atoms with van der Waals surface area (Å²) in [7, 11) is 0. The number of hydrogen-bond donors (Lipinski definition) is 4. The molecule has 8 heterocycles. The minimum atomic E-state index is 0.181. The predicted octanol–water partition coefficient (Wildman–Crippen LogP) is 4.02. The Bertz CT molecular complexity index is 2540. The summed E-state index contributed by atoms with van der Waals surface area (Å²) in [5.41, 5.74) is 5.77. The number of benzene rings is 2. The van der Waals surface area contributed by atoms with Crippen LogP contribution in [-0.2, 0) is 12.8 Å². The zero-order chi connectivity index (χ0) is 35.8. The largest absolute Gasteiger partial charge is 0.365 e. The van der Waals surface area contributed by atoms with E-state index in [0.29, 0.717) is 41.4 Å². The molecule has 270 valence electrons. The summed E-state index contributed by atoms with van der Waals surface area (Å²) in [6.45, 7) is 3.09. The van der Waals surface area contributed by atoms with Crippen LogP contribution in [0.4, 0.5) is 23.5 Å². The van der Waals surface area contributed by atoms with E-state index in [1.165, 1.54) is 23.8 Å². The van der Waals surface area contributed by atoms with Crippen LogP contribution in [0.2, 0.25) is 0 Å². The Hall–Kier alpha value is -6.98. The number of aromatic nitrogens is 12. The van der Waals surface area contributed by atoms with Gasteiger partial charge in [0.15, 0.2) is 11.3 Å². The van der Waals surface area contributed by atoms with Gasteiger partial charge in [-0.15, -0.1) is 0 Å². The molecule has 0 amide bonds. The quantitative estimate of drug-likeness (QED) is 0.148. The minimum Gasteiger partial charge on any atom is -0.365 e. The van der Waals surface area contributed by atoms with Gasteiger partial charge < -0.3 is 29.5 Å². The average molecular weight is 723 g/mol. The fraction of sp³-hybridized carbons (Fsp3) is 0.278. The van der Waals surface area contributed by atoms with Crippen molar-refractivity contribution in [2.45, 2.75) is 37.8 Å². The Labute approximate surface area is 306 Å². The third-order valence-electron chi connectivity index (χ3n) is 9.95. The van der Waals surface area contributed by atoms with Crippen molar-refractivity contribution in [3.63, 3.8) is 0 Å². The van der Waals surface area contributed by atoms with E-state index in [4.69, 9.17) is 19.0 Å². The number of fused-ring (bicyclic) bond motifs is 2. The molecule has 0 spiro atoms. The van der Waals surface area contributed by atoms with Crippen molar-refractivity contribution in [2.24, 2.45) is 0 Å². The lowest BCUT2D eigenvalue weighted by Crippen LogP contribution is -2.27. The van der Waals surface area contributed by atoms with E-state index in [9.17, 15) is 0 Å². The second kappa shape index (κ2) is 13.5. The van der Waals surface area contributed by atoms with Crippen molar-refractivity contribution in [2.75, 3.05) is 46.6 Å². The van der Waals surface area contributed by atoms with Gasteiger partial charge in [0.1, 0.15) is 24.3 Å². The molecule has 2 fully saturated rings. The van der Waals surface area contributed by atoms with Crippen LogP contribution in [0.25, 0.3) is 33.5 Å². The molecule has 0 unspecified atom stereocenters. The van der Waals surface area contributed by atoms with Gasteiger partial charge in [0.25, 0.3) is 17.8 Å². The van der Waals surface area contributed by atoms with Gasteiger partial charge in [0.2, 0.25) is 5.89 Å². The topological polar surface area (TPSA) is 217 Å². The highest BCUT2D eigenvalue weighted by atomic mass is 16.5. The first-order valence-corrected chi connectivity index (χ1v) is 17.8. The number of aromatic amines is 2. The van der Waals surface area contributed by atoms with E-state index in [1.807, 2.05) is 12.1 Å². The number of hydrogen-bond acceptors (Lipinski definition) is 16. The van der Waals surface area contributed by atoms with Crippen molar-refractivity contribution < 1.29 is 9.05 Å². The van der Waals surface area contributed by atoms with Gasteiger partial charge in [-0.3, -0.25) is 10.2 Å². The summed E-state index contributed by atoms with van der Waals surface area (Å²) >= 11 is 0. The Morgan fingerprint density at radius 1 is 0.667 bits per heavy atom. The number of nitrogens with zero attached hydrogens (tertiary/aromatic N) is 12. The summed E-state index contributed by atoms with van der Waals surface area (Å²) in [6.07, 6.45) is 9.70. The molecule has 0 radical (unpaired) electrons. The monoisotopic (exact) mass is 722 g/mol. The second-order valence-corrected chi connectivity index (χ2v) is 13.6. The van der Waals surface area contributed by atoms with Crippen molar-refractivity contribution in [1.82, 2.24) is 60.6 Å². The van der Waals surface area contributed by atoms with Gasteiger partial charge in [-0.25, -0.2) is 19.9 Å². The van der Waals surface area contributed by atoms with Crippen LogP contribution in [0.5, 0.6) is 0 Å². The molecule has 2 atom stereocenters. The van der Waals surface area contributed by atoms with E-state index in [2.05, 4.69) is 107 Å². The lowest BCUT2D eigenvalue weighted by Gasteiger charge is -2.15. The molecule has 2 saturated heterocycles. The van der Waals surface area contributed by atoms with E-state index in [-0.39, 0.29) is 12.1 Å². The molecule has 2 aliphatic heterocycles. The number of rotatable bonds is 11. The maximum atomic E-state index is 5.68. The summed E-state index contributed by atoms with van der Waals surface area (Å²) < 4.78 is 11.4. The molecule has 0 saturated carbocycles. The fourth-order valence-electron chi connectivity index (χ4n) is 7.20. The highest BCUT2D eigenvalue weighted by Gasteiger charge is 2.28. The first-order valence-electron chi connectivity index (χ1n) is 17.8. The standard InChI is InChI=1S/C36H34N16O2/c1-2-22(13-23(3-1)14-29-45-35(49-53-29)51-10-8-25(17-51)43-30-27-15-41-47-32(27)39-19-37-30)12-21-4-6-24(7-5-21)34-46-36(50-54-34)52-11-9-26(18-52)44-31-28-16-42-48-33(28)40-20-38-31/h1-7,13,15-16,19-20,25-26H,8-12,14,17-18H2,(H2,37,39,41,43,47)(H2,38,40,42,44,48)/t25-,26+/m1/s1. The second-order valence-electron chi connectivity index (χ2n) is 13.6. The third kappa shape index (κ3) is 6.37. The van der Waals surface area contributed by atoms with Crippen LogP contribution >= 0.6 is 0 Å². The predicted molar refractivity (Wildman–Crippen MR) is 198 cm³/mol. The maximum Gasteiger partial charge on any atom is 0.266 e. The van der Waals surface area contributed by atoms with Crippen LogP contribution in [0.3, 0.4) is 0 Å². The average Bonchev–Trinajstić information content (AvgIpc) is 4.04. The highest BCUT2D eigenvalue weighted by Crippen LogP contribution is 2.27. The molecule has 54 heavy (non-hydrogen) atoms. The summed E-state index contributed by atoms with van der Waals surface area (Å²) in [6, 6.07) is 17.1. The van der Waals surface area contributed by atoms with Gasteiger partial charge >= 0.3 is 0 Å². The van der Waals surface area contributed by atoms with Gasteiger partial charge in [0, 0.05) is 43.8 Å². The molecule has 18 heteroatoms. The van der Waals surface area contributed by atoms with Gasteiger partial charge in [-0.05, 0) is 58.4 Å². The lowest BCUT2D eigenvalue weighted by molar-refractivity contribution is 0.384. The first-order chi connectivity index (χ1) is 26.7. The summed E-state index contributed by atoms with van der Waals surface area (Å²) in [5.74, 6) is 3.79. The molecule has 2 aliphatic rings. The number of nitrogens with one attached hydrogen (secondary N) is 4. The summed E-state index contributed by atoms with van der Waals surface area (Å²) in [5, 5.41) is 31.3. The van der Waals surface area contributed by atoms with Crippen LogP contribution in [0, 0.1) is 0 Å². The smallest absolute Gasteiger partial charge is 0.266 e. The molecule has 10 rings (SSSR count). The third-order valence-corrected chi connectivity index (χ3v) is 9.95. The maximum absolute atomic E-state index is 5.68. The van der Waals surface area contributed by atoms with E-state index in [0.717, 1.165) is 79.0 Å². The SMILES string of the molecule is c1cc(Cc2ccc(-c3nc(N4CC[C@H](Nc5ncnc6[nH]ncc56)C4)no3)cc2)cc(Cc2nc(N3CC[C@@H](Nc4ncnc5[nH]ncc45)C3)no2)c1. The molecule has 4 N–H and O–H groups in total. The van der Waals surface area contributed by atoms with Crippen LogP contribution in [0.15, 0.2) is 82.6 Å². The van der Waals surface area contributed by atoms with E-state index >= 15 is 0 Å². The van der Waals surface area contributed by atoms with Crippen molar-refractivity contribution in [1.29, 1.82) is 0 Å². The molecule has 0 bridgehead atoms. The van der Waals surface area contributed by atoms with Crippen molar-refractivity contribution in [3.8, 4) is 11.5 Å². The Morgan fingerprint density at radius 3 is 1.94 bits per heavy atom. The van der Waals surface area contributed by atoms with Crippen molar-refractivity contribution >= 4 is 45.6 Å². The minimum absolute atomic E-state index is 0.181. The van der Waals surface area contributed by atoms with Crippen molar-refractivity contribution in [3.05, 3.63) is 96.2 Å². The Kier molecular flexibility index (Phi) is 7.95. The highest BCUT2D eigenvalue weighted by molar-refractivity contribution is 5.86. The van der Waals surface area contributed by atoms with Gasteiger partial charge in [-0.2, -0.15) is 20.2 Å². The Morgan fingerprint density at radius 2 is 1.28 bits per heavy atom. The normalized spacial score (nSPS) is 17.3. The molecule has 8 aromatic rings. The molecule has 2 aromatic carbocycles. The molecular weight excluding hydrogens is 689 g/mol. The first kappa shape index (κ1) is 31.7. The van der Waals surface area contributed by atoms with Crippen LogP contribution < -0.4 is 20.4 Å². The zero-order valence-corrected chi connectivity index (χ0v) is 28.9. The van der Waals surface area contributed by atoms with Crippen LogP contribution in [-0.4, -0.2) is 98.9 Å². The molecule has 0 aliphatic carbocycles.